The van der Waals surface area contributed by atoms with E-state index in [0.717, 1.165) is 12.1 Å². The third kappa shape index (κ3) is 3.87. The normalized spacial score (nSPS) is 11.6. The Labute approximate surface area is 119 Å². The van der Waals surface area contributed by atoms with Crippen molar-refractivity contribution in [3.05, 3.63) is 47.3 Å². The lowest BCUT2D eigenvalue weighted by Crippen LogP contribution is -2.05. The van der Waals surface area contributed by atoms with E-state index in [1.165, 1.54) is 0 Å². The summed E-state index contributed by atoms with van der Waals surface area (Å²) in [6.45, 7) is 1.61. The Morgan fingerprint density at radius 1 is 1.19 bits per heavy atom. The molecule has 2 rings (SSSR count). The minimum absolute atomic E-state index is 0.0262. The molecular weight excluding hydrogens is 283 g/mol. The minimum atomic E-state index is -4.39. The van der Waals surface area contributed by atoms with Gasteiger partial charge in [0.1, 0.15) is 0 Å². The smallest absolute Gasteiger partial charge is 0.416 e. The van der Waals surface area contributed by atoms with Gasteiger partial charge in [-0.2, -0.15) is 13.2 Å². The van der Waals surface area contributed by atoms with Gasteiger partial charge in [0.2, 0.25) is 0 Å². The topological polar surface area (TPSA) is 53.1 Å². The van der Waals surface area contributed by atoms with Crippen LogP contribution in [0.5, 0.6) is 0 Å². The van der Waals surface area contributed by atoms with Gasteiger partial charge in [-0.1, -0.05) is 6.07 Å². The fourth-order valence-corrected chi connectivity index (χ4v) is 2.11. The second-order valence-electron chi connectivity index (χ2n) is 4.89. The Bertz CT molecular complexity index is 659. The van der Waals surface area contributed by atoms with Gasteiger partial charge in [0.25, 0.3) is 0 Å². The molecule has 0 atom stereocenters. The van der Waals surface area contributed by atoms with E-state index in [1.807, 2.05) is 0 Å². The summed E-state index contributed by atoms with van der Waals surface area (Å²) in [5.41, 5.74) is 1.59. The number of aryl methyl sites for hydroxylation is 2. The predicted octanol–water partition coefficient (Wildman–Crippen LogP) is 4.03. The van der Waals surface area contributed by atoms with Crippen molar-refractivity contribution in [2.45, 2.75) is 25.9 Å². The molecule has 1 heterocycles. The zero-order valence-electron chi connectivity index (χ0n) is 11.3. The quantitative estimate of drug-likeness (QED) is 0.895. The molecule has 0 aliphatic carbocycles. The summed E-state index contributed by atoms with van der Waals surface area (Å²) in [4.78, 5) is 13.4. The van der Waals surface area contributed by atoms with Crippen molar-refractivity contribution in [1.82, 2.24) is 4.98 Å². The monoisotopic (exact) mass is 297 g/mol. The number of benzene rings is 1. The molecule has 3 nitrogen and oxygen atoms in total. The van der Waals surface area contributed by atoms with Crippen LogP contribution in [0.2, 0.25) is 0 Å². The summed E-state index contributed by atoms with van der Waals surface area (Å²) in [6, 6.07) is 5.54. The first-order valence-corrected chi connectivity index (χ1v) is 6.34. The fraction of sp³-hybridized carbons (Fsp3) is 0.267. The first-order chi connectivity index (χ1) is 9.75. The van der Waals surface area contributed by atoms with Gasteiger partial charge >= 0.3 is 12.1 Å². The molecule has 0 unspecified atom stereocenters. The van der Waals surface area contributed by atoms with Crippen LogP contribution < -0.4 is 0 Å². The number of aromatic amines is 1. The number of carboxylic acids is 1. The third-order valence-electron chi connectivity index (χ3n) is 3.09. The minimum Gasteiger partial charge on any atom is -0.481 e. The summed E-state index contributed by atoms with van der Waals surface area (Å²) >= 11 is 0. The Morgan fingerprint density at radius 2 is 1.90 bits per heavy atom. The van der Waals surface area contributed by atoms with Crippen LogP contribution >= 0.6 is 0 Å². The molecule has 0 saturated carbocycles. The standard InChI is InChI=1S/C15H14F3NO2/c1-9-4-10(6-12(5-9)15(16,17)18)11-7-13(19-8-11)2-3-14(20)21/h4-8,19H,2-3H2,1H3,(H,20,21). The number of H-pyrrole nitrogens is 1. The maximum absolute atomic E-state index is 12.8. The molecule has 1 aromatic heterocycles. The molecule has 0 fully saturated rings. The van der Waals surface area contributed by atoms with Crippen LogP contribution in [-0.4, -0.2) is 16.1 Å². The zero-order chi connectivity index (χ0) is 15.6. The van der Waals surface area contributed by atoms with E-state index in [9.17, 15) is 18.0 Å². The second kappa shape index (κ2) is 5.63. The molecule has 0 amide bonds. The molecule has 2 aromatic rings. The first kappa shape index (κ1) is 15.2. The molecule has 0 bridgehead atoms. The summed E-state index contributed by atoms with van der Waals surface area (Å²) in [7, 11) is 0. The molecule has 6 heteroatoms. The number of carbonyl (C=O) groups is 1. The second-order valence-corrected chi connectivity index (χ2v) is 4.89. The number of nitrogens with one attached hydrogen (secondary N) is 1. The SMILES string of the molecule is Cc1cc(-c2c[nH]c(CCC(=O)O)c2)cc(C(F)(F)F)c1. The first-order valence-electron chi connectivity index (χ1n) is 6.34. The van der Waals surface area contributed by atoms with Crippen LogP contribution in [-0.2, 0) is 17.4 Å². The fourth-order valence-electron chi connectivity index (χ4n) is 2.11. The highest BCUT2D eigenvalue weighted by molar-refractivity contribution is 5.68. The van der Waals surface area contributed by atoms with Crippen LogP contribution in [0.15, 0.2) is 30.5 Å². The number of aliphatic carboxylic acids is 1. The molecule has 112 valence electrons. The largest absolute Gasteiger partial charge is 0.481 e. The number of rotatable bonds is 4. The summed E-state index contributed by atoms with van der Waals surface area (Å²) in [6.07, 6.45) is -2.51. The molecule has 0 aliphatic rings. The van der Waals surface area contributed by atoms with Crippen molar-refractivity contribution in [2.24, 2.45) is 0 Å². The average Bonchev–Trinajstić information content (AvgIpc) is 2.83. The molecule has 1 aromatic carbocycles. The van der Waals surface area contributed by atoms with Gasteiger partial charge < -0.3 is 10.1 Å². The molecule has 0 aliphatic heterocycles. The predicted molar refractivity (Wildman–Crippen MR) is 71.9 cm³/mol. The van der Waals surface area contributed by atoms with E-state index in [4.69, 9.17) is 5.11 Å². The van der Waals surface area contributed by atoms with E-state index in [1.54, 1.807) is 25.3 Å². The van der Waals surface area contributed by atoms with Crippen LogP contribution in [0, 0.1) is 6.92 Å². The lowest BCUT2D eigenvalue weighted by Gasteiger charge is -2.09. The number of aromatic nitrogens is 1. The highest BCUT2D eigenvalue weighted by Gasteiger charge is 2.31. The van der Waals surface area contributed by atoms with Crippen molar-refractivity contribution < 1.29 is 23.1 Å². The Hall–Kier alpha value is -2.24. The zero-order valence-corrected chi connectivity index (χ0v) is 11.3. The van der Waals surface area contributed by atoms with Crippen LogP contribution in [0.4, 0.5) is 13.2 Å². The van der Waals surface area contributed by atoms with Crippen molar-refractivity contribution in [2.75, 3.05) is 0 Å². The summed E-state index contributed by atoms with van der Waals surface area (Å²) < 4.78 is 38.4. The van der Waals surface area contributed by atoms with Gasteiger partial charge in [-0.25, -0.2) is 0 Å². The number of carboxylic acid groups (broad SMARTS) is 1. The van der Waals surface area contributed by atoms with E-state index < -0.39 is 17.7 Å². The summed E-state index contributed by atoms with van der Waals surface area (Å²) in [5.74, 6) is -0.916. The van der Waals surface area contributed by atoms with E-state index in [0.29, 0.717) is 28.8 Å². The van der Waals surface area contributed by atoms with Crippen molar-refractivity contribution in [1.29, 1.82) is 0 Å². The molecule has 0 spiro atoms. The van der Waals surface area contributed by atoms with E-state index >= 15 is 0 Å². The lowest BCUT2D eigenvalue weighted by atomic mass is 10.0. The van der Waals surface area contributed by atoms with E-state index in [2.05, 4.69) is 4.98 Å². The van der Waals surface area contributed by atoms with Gasteiger partial charge in [0.05, 0.1) is 12.0 Å². The van der Waals surface area contributed by atoms with Crippen molar-refractivity contribution in [3.8, 4) is 11.1 Å². The highest BCUT2D eigenvalue weighted by Crippen LogP contribution is 2.33. The average molecular weight is 297 g/mol. The van der Waals surface area contributed by atoms with Crippen LogP contribution in [0.1, 0.15) is 23.2 Å². The Kier molecular flexibility index (Phi) is 4.06. The number of alkyl halides is 3. The van der Waals surface area contributed by atoms with Gasteiger partial charge in [0, 0.05) is 11.9 Å². The number of hydrogen-bond donors (Lipinski definition) is 2. The third-order valence-corrected chi connectivity index (χ3v) is 3.09. The van der Waals surface area contributed by atoms with Gasteiger partial charge in [-0.3, -0.25) is 4.79 Å². The van der Waals surface area contributed by atoms with Gasteiger partial charge in [-0.15, -0.1) is 0 Å². The molecule has 0 radical (unpaired) electrons. The Balaban J connectivity index is 2.30. The van der Waals surface area contributed by atoms with Crippen molar-refractivity contribution in [3.63, 3.8) is 0 Å². The number of halogens is 3. The van der Waals surface area contributed by atoms with Crippen LogP contribution in [0.25, 0.3) is 11.1 Å². The maximum atomic E-state index is 12.8. The van der Waals surface area contributed by atoms with E-state index in [-0.39, 0.29) is 6.42 Å². The molecular formula is C15H14F3NO2. The lowest BCUT2D eigenvalue weighted by molar-refractivity contribution is -0.138. The van der Waals surface area contributed by atoms with Crippen LogP contribution in [0.3, 0.4) is 0 Å². The molecule has 2 N–H and O–H groups in total. The number of hydrogen-bond acceptors (Lipinski definition) is 1. The summed E-state index contributed by atoms with van der Waals surface area (Å²) in [5, 5.41) is 8.62. The highest BCUT2D eigenvalue weighted by atomic mass is 19.4. The maximum Gasteiger partial charge on any atom is 0.416 e. The molecule has 21 heavy (non-hydrogen) atoms. The van der Waals surface area contributed by atoms with Gasteiger partial charge in [-0.05, 0) is 48.2 Å². The Morgan fingerprint density at radius 3 is 2.52 bits per heavy atom. The van der Waals surface area contributed by atoms with Gasteiger partial charge in [0.15, 0.2) is 0 Å². The van der Waals surface area contributed by atoms with Crippen molar-refractivity contribution >= 4 is 5.97 Å². The molecule has 0 saturated heterocycles.